The van der Waals surface area contributed by atoms with E-state index in [0.717, 1.165) is 8.61 Å². The normalized spacial score (nSPS) is 13.6. The number of nitrogens with zero attached hydrogens (tertiary/aromatic N) is 2. The Kier molecular flexibility index (Phi) is 23.5. The lowest BCUT2D eigenvalue weighted by molar-refractivity contribution is -0.140. The predicted octanol–water partition coefficient (Wildman–Crippen LogP) is 1.78. The van der Waals surface area contributed by atoms with Crippen LogP contribution >= 0.6 is 0 Å². The van der Waals surface area contributed by atoms with E-state index in [9.17, 15) is 45.1 Å². The van der Waals surface area contributed by atoms with E-state index >= 15 is 0 Å². The van der Waals surface area contributed by atoms with Crippen LogP contribution in [0.15, 0.2) is 46.2 Å². The Morgan fingerprint density at radius 1 is 0.600 bits per heavy atom. The van der Waals surface area contributed by atoms with Gasteiger partial charge in [0.1, 0.15) is 24.4 Å². The number of benzene rings is 4. The molecular formula is C44H69N7O16S3. The second-order valence-electron chi connectivity index (χ2n) is 16.5. The maximum absolute atomic E-state index is 14.7. The van der Waals surface area contributed by atoms with Crippen LogP contribution in [0.1, 0.15) is 51.4 Å². The Labute approximate surface area is 409 Å². The number of nitrogen functional groups attached to an aromatic ring is 1. The molecule has 0 fully saturated rings. The first-order valence-electron chi connectivity index (χ1n) is 23.0. The maximum atomic E-state index is 14.7. The highest BCUT2D eigenvalue weighted by molar-refractivity contribution is 7.90. The number of carboxylic acid groups (broad SMARTS) is 2. The summed E-state index contributed by atoms with van der Waals surface area (Å²) < 4.78 is 117. The van der Waals surface area contributed by atoms with Crippen LogP contribution in [0, 0.1) is 0 Å². The predicted molar refractivity (Wildman–Crippen MR) is 264 cm³/mol. The number of sulfonamides is 2. The number of hydrogen-bond acceptors (Lipinski definition) is 18. The molecule has 4 rings (SSSR count). The average Bonchev–Trinajstić information content (AvgIpc) is 3.30. The van der Waals surface area contributed by atoms with E-state index in [2.05, 4.69) is 14.8 Å². The van der Waals surface area contributed by atoms with Crippen molar-refractivity contribution in [3.05, 3.63) is 36.4 Å². The standard InChI is InChI=1S/C44H69N7O16S3/c1-50(19-7-17-48-36(43(52)53)9-3-5-15-45)68(56,57)39-30-40(69(58,59)51(2)20-8-18-49-37(44(54)55)10-4-6-16-46)34-14-12-32-38(29-35(47)31-11-13-33(39)42(34)41(31)32)66-27-25-64-23-21-63-22-24-65-26-28-67-70(60,61)62/h11-14,29-30,36-37,48-49H,3-10,15-28,45-47H2,1-2H3,(H,52,53)(H,54,55)(H,60,61,62). The number of unbranched alkanes of at least 4 members (excludes halogenated alkanes) is 2. The van der Waals surface area contributed by atoms with Crippen LogP contribution in [0.25, 0.3) is 32.3 Å². The Bertz CT molecular complexity index is 2550. The summed E-state index contributed by atoms with van der Waals surface area (Å²) in [4.78, 5) is 23.1. The molecular weight excluding hydrogens is 979 g/mol. The molecule has 0 bridgehead atoms. The van der Waals surface area contributed by atoms with Crippen molar-refractivity contribution in [3.8, 4) is 5.75 Å². The van der Waals surface area contributed by atoms with Gasteiger partial charge in [-0.1, -0.05) is 31.0 Å². The molecule has 0 aromatic heterocycles. The number of ether oxygens (including phenoxy) is 4. The number of rotatable bonds is 38. The van der Waals surface area contributed by atoms with Gasteiger partial charge in [-0.05, 0) is 76.8 Å². The van der Waals surface area contributed by atoms with Gasteiger partial charge in [-0.3, -0.25) is 14.1 Å². The van der Waals surface area contributed by atoms with Crippen molar-refractivity contribution in [1.29, 1.82) is 0 Å². The quantitative estimate of drug-likeness (QED) is 0.0137. The minimum atomic E-state index is -4.53. The van der Waals surface area contributed by atoms with E-state index < -0.39 is 54.5 Å². The number of nitrogens with one attached hydrogen (secondary N) is 2. The molecule has 0 aliphatic heterocycles. The first-order valence-corrected chi connectivity index (χ1v) is 27.3. The highest BCUT2D eigenvalue weighted by Gasteiger charge is 2.32. The zero-order chi connectivity index (χ0) is 51.5. The van der Waals surface area contributed by atoms with Crippen molar-refractivity contribution in [2.24, 2.45) is 11.5 Å². The molecule has 394 valence electrons. The molecule has 0 aliphatic carbocycles. The second-order valence-corrected chi connectivity index (χ2v) is 21.6. The number of nitrogens with two attached hydrogens (primary N) is 3. The average molecular weight is 1050 g/mol. The van der Waals surface area contributed by atoms with Gasteiger partial charge in [-0.2, -0.15) is 8.42 Å². The second kappa shape index (κ2) is 28.2. The van der Waals surface area contributed by atoms with E-state index in [1.807, 2.05) is 0 Å². The van der Waals surface area contributed by atoms with Crippen molar-refractivity contribution in [1.82, 2.24) is 19.2 Å². The smallest absolute Gasteiger partial charge is 0.397 e. The number of anilines is 1. The monoisotopic (exact) mass is 1050 g/mol. The lowest BCUT2D eigenvalue weighted by atomic mass is 9.93. The molecule has 0 aliphatic rings. The van der Waals surface area contributed by atoms with Crippen LogP contribution in [-0.4, -0.2) is 179 Å². The Hall–Kier alpha value is -4.13. The minimum Gasteiger partial charge on any atom is -0.490 e. The largest absolute Gasteiger partial charge is 0.490 e. The van der Waals surface area contributed by atoms with Gasteiger partial charge in [0, 0.05) is 71.3 Å². The van der Waals surface area contributed by atoms with Gasteiger partial charge in [0.05, 0.1) is 56.0 Å². The fraction of sp³-hybridized carbons (Fsp3) is 0.591. The molecule has 0 saturated carbocycles. The van der Waals surface area contributed by atoms with Gasteiger partial charge >= 0.3 is 22.3 Å². The van der Waals surface area contributed by atoms with E-state index in [1.165, 1.54) is 20.2 Å². The number of carboxylic acids is 2. The van der Waals surface area contributed by atoms with Crippen molar-refractivity contribution < 1.29 is 72.7 Å². The molecule has 0 heterocycles. The molecule has 23 nitrogen and oxygen atoms in total. The van der Waals surface area contributed by atoms with Crippen LogP contribution in [0.4, 0.5) is 5.69 Å². The summed E-state index contributed by atoms with van der Waals surface area (Å²) in [7, 11) is -10.6. The fourth-order valence-corrected chi connectivity index (χ4v) is 11.0. The summed E-state index contributed by atoms with van der Waals surface area (Å²) >= 11 is 0. The summed E-state index contributed by atoms with van der Waals surface area (Å²) in [5, 5.41) is 27.7. The summed E-state index contributed by atoms with van der Waals surface area (Å²) in [5.74, 6) is -1.71. The molecule has 0 amide bonds. The topological polar surface area (TPSA) is 352 Å². The number of hydrogen-bond donors (Lipinski definition) is 8. The molecule has 70 heavy (non-hydrogen) atoms. The highest BCUT2D eigenvalue weighted by Crippen LogP contribution is 2.45. The van der Waals surface area contributed by atoms with Crippen molar-refractivity contribution in [2.75, 3.05) is 112 Å². The van der Waals surface area contributed by atoms with Gasteiger partial charge in [0.2, 0.25) is 20.0 Å². The third-order valence-electron chi connectivity index (χ3n) is 11.5. The molecule has 2 unspecified atom stereocenters. The van der Waals surface area contributed by atoms with Gasteiger partial charge in [0.15, 0.2) is 0 Å². The SMILES string of the molecule is CN(CCCNC(CCCCN)C(=O)O)S(=O)(=O)c1cc(S(=O)(=O)N(C)CCCNC(CCCCN)C(=O)O)c2ccc3c(OCCOCCOCCOCCOS(=O)(=O)O)cc(N)c4ccc1c2c43. The van der Waals surface area contributed by atoms with Crippen molar-refractivity contribution in [3.63, 3.8) is 0 Å². The van der Waals surface area contributed by atoms with Gasteiger partial charge in [0.25, 0.3) is 0 Å². The molecule has 11 N–H and O–H groups in total. The third kappa shape index (κ3) is 16.7. The van der Waals surface area contributed by atoms with E-state index in [-0.39, 0.29) is 118 Å². The summed E-state index contributed by atoms with van der Waals surface area (Å²) in [6.45, 7) is 1.75. The molecule has 2 atom stereocenters. The van der Waals surface area contributed by atoms with Crippen LogP contribution in [0.2, 0.25) is 0 Å². The number of carbonyl (C=O) groups is 2. The zero-order valence-corrected chi connectivity index (χ0v) is 42.1. The first kappa shape index (κ1) is 58.4. The first-order chi connectivity index (χ1) is 33.3. The minimum absolute atomic E-state index is 0.0314. The molecule has 4 aromatic carbocycles. The lowest BCUT2D eigenvalue weighted by Crippen LogP contribution is -2.39. The van der Waals surface area contributed by atoms with E-state index in [1.54, 1.807) is 30.3 Å². The molecule has 0 radical (unpaired) electrons. The molecule has 0 saturated heterocycles. The summed E-state index contributed by atoms with van der Waals surface area (Å²) in [5.41, 5.74) is 18.0. The van der Waals surface area contributed by atoms with Gasteiger partial charge < -0.3 is 57.0 Å². The van der Waals surface area contributed by atoms with Crippen molar-refractivity contribution in [2.45, 2.75) is 73.2 Å². The van der Waals surface area contributed by atoms with Crippen LogP contribution < -0.4 is 32.6 Å². The molecule has 4 aromatic rings. The van der Waals surface area contributed by atoms with E-state index in [4.69, 9.17) is 40.7 Å². The Balaban J connectivity index is 1.61. The number of aliphatic carboxylic acids is 2. The van der Waals surface area contributed by atoms with Crippen LogP contribution in [-0.2, 0) is 58.4 Å². The van der Waals surface area contributed by atoms with Gasteiger partial charge in [-0.15, -0.1) is 0 Å². The van der Waals surface area contributed by atoms with E-state index in [0.29, 0.717) is 78.9 Å². The molecule has 0 spiro atoms. The zero-order valence-electron chi connectivity index (χ0n) is 39.7. The summed E-state index contributed by atoms with van der Waals surface area (Å²) in [6.07, 6.45) is 3.74. The van der Waals surface area contributed by atoms with Crippen LogP contribution in [0.5, 0.6) is 5.75 Å². The molecule has 26 heteroatoms. The highest BCUT2D eigenvalue weighted by atomic mass is 32.3. The Morgan fingerprint density at radius 2 is 1.01 bits per heavy atom. The third-order valence-corrected chi connectivity index (χ3v) is 15.7. The van der Waals surface area contributed by atoms with Crippen molar-refractivity contribution >= 4 is 80.4 Å². The fourth-order valence-electron chi connectivity index (χ4n) is 7.76. The Morgan fingerprint density at radius 3 is 1.46 bits per heavy atom. The summed E-state index contributed by atoms with van der Waals surface area (Å²) in [6, 6.07) is 7.70. The van der Waals surface area contributed by atoms with Gasteiger partial charge in [-0.25, -0.2) is 29.6 Å². The maximum Gasteiger partial charge on any atom is 0.397 e. The van der Waals surface area contributed by atoms with Crippen LogP contribution in [0.3, 0.4) is 0 Å². The lowest BCUT2D eigenvalue weighted by Gasteiger charge is -2.24.